The highest BCUT2D eigenvalue weighted by molar-refractivity contribution is 5.80. The molecule has 0 heterocycles. The summed E-state index contributed by atoms with van der Waals surface area (Å²) in [6.45, 7) is 2.26. The molecular formula is C20H30O2. The lowest BCUT2D eigenvalue weighted by atomic mass is 9.94. The third-order valence-electron chi connectivity index (χ3n) is 4.13. The van der Waals surface area contributed by atoms with Crippen molar-refractivity contribution in [1.29, 1.82) is 0 Å². The van der Waals surface area contributed by atoms with Gasteiger partial charge in [-0.2, -0.15) is 0 Å². The van der Waals surface area contributed by atoms with Crippen molar-refractivity contribution in [2.75, 3.05) is 0 Å². The van der Waals surface area contributed by atoms with E-state index in [4.69, 9.17) is 5.11 Å². The first-order valence-electron chi connectivity index (χ1n) is 8.68. The molecule has 0 spiro atoms. The van der Waals surface area contributed by atoms with Crippen LogP contribution >= 0.6 is 0 Å². The van der Waals surface area contributed by atoms with Crippen LogP contribution in [0.3, 0.4) is 0 Å². The molecule has 0 unspecified atom stereocenters. The van der Waals surface area contributed by atoms with Crippen LogP contribution in [-0.2, 0) is 4.79 Å². The number of carbonyl (C=O) groups is 1. The van der Waals surface area contributed by atoms with E-state index < -0.39 is 5.97 Å². The van der Waals surface area contributed by atoms with Crippen molar-refractivity contribution in [3.05, 3.63) is 48.1 Å². The van der Waals surface area contributed by atoms with Crippen molar-refractivity contribution in [3.8, 4) is 0 Å². The molecule has 122 valence electrons. The van der Waals surface area contributed by atoms with E-state index in [1.165, 1.54) is 63.4 Å². The van der Waals surface area contributed by atoms with E-state index in [-0.39, 0.29) is 0 Å². The first-order chi connectivity index (χ1) is 10.7. The predicted molar refractivity (Wildman–Crippen MR) is 93.9 cm³/mol. The lowest BCUT2D eigenvalue weighted by Crippen LogP contribution is -1.97. The Morgan fingerprint density at radius 1 is 1.14 bits per heavy atom. The van der Waals surface area contributed by atoms with Crippen molar-refractivity contribution in [2.45, 2.75) is 64.7 Å². The first kappa shape index (κ1) is 18.5. The molecule has 0 radical (unpaired) electrons. The highest BCUT2D eigenvalue weighted by atomic mass is 16.4. The molecule has 1 atom stereocenters. The molecule has 0 saturated carbocycles. The minimum atomic E-state index is -0.911. The van der Waals surface area contributed by atoms with Crippen LogP contribution in [0.25, 0.3) is 0 Å². The summed E-state index contributed by atoms with van der Waals surface area (Å²) in [5.41, 5.74) is 1.46. The van der Waals surface area contributed by atoms with Crippen molar-refractivity contribution in [1.82, 2.24) is 0 Å². The van der Waals surface area contributed by atoms with Gasteiger partial charge in [0.25, 0.3) is 0 Å². The zero-order chi connectivity index (χ0) is 16.0. The fourth-order valence-corrected chi connectivity index (χ4v) is 2.90. The molecule has 1 aliphatic rings. The minimum absolute atomic E-state index is 0.727. The van der Waals surface area contributed by atoms with Crippen LogP contribution in [0.5, 0.6) is 0 Å². The van der Waals surface area contributed by atoms with E-state index in [1.807, 2.05) is 12.2 Å². The van der Waals surface area contributed by atoms with E-state index in [1.54, 1.807) is 12.2 Å². The summed E-state index contributed by atoms with van der Waals surface area (Å²) in [4.78, 5) is 10.3. The number of allylic oxidation sites excluding steroid dienone is 7. The smallest absolute Gasteiger partial charge is 0.328 e. The van der Waals surface area contributed by atoms with E-state index in [2.05, 4.69) is 19.1 Å². The van der Waals surface area contributed by atoms with Gasteiger partial charge in [-0.05, 0) is 30.8 Å². The number of unbranched alkanes of at least 4 members (excludes halogenated alkanes) is 5. The fraction of sp³-hybridized carbons (Fsp3) is 0.550. The quantitative estimate of drug-likeness (QED) is 0.296. The molecule has 2 heteroatoms. The van der Waals surface area contributed by atoms with Crippen molar-refractivity contribution in [2.24, 2.45) is 5.92 Å². The largest absolute Gasteiger partial charge is 0.478 e. The Labute approximate surface area is 135 Å². The first-order valence-corrected chi connectivity index (χ1v) is 8.68. The second-order valence-corrected chi connectivity index (χ2v) is 5.98. The van der Waals surface area contributed by atoms with E-state index in [0.29, 0.717) is 0 Å². The van der Waals surface area contributed by atoms with Gasteiger partial charge < -0.3 is 5.11 Å². The molecular weight excluding hydrogens is 272 g/mol. The lowest BCUT2D eigenvalue weighted by molar-refractivity contribution is -0.131. The summed E-state index contributed by atoms with van der Waals surface area (Å²) >= 11 is 0. The minimum Gasteiger partial charge on any atom is -0.478 e. The van der Waals surface area contributed by atoms with Crippen LogP contribution in [-0.4, -0.2) is 11.1 Å². The van der Waals surface area contributed by atoms with Crippen molar-refractivity contribution >= 4 is 5.97 Å². The summed E-state index contributed by atoms with van der Waals surface area (Å²) < 4.78 is 0. The second kappa shape index (κ2) is 12.0. The maximum absolute atomic E-state index is 10.3. The summed E-state index contributed by atoms with van der Waals surface area (Å²) in [7, 11) is 0. The van der Waals surface area contributed by atoms with Gasteiger partial charge in [0.05, 0.1) is 0 Å². The standard InChI is InChI=1S/C20H30O2/c1-2-3-4-5-6-9-13-18-15-12-16-19(18)14-10-7-8-11-17-20(21)22/h7-8,10-11,14,16-18H,2-6,9,12-13,15H2,1H3,(H,21,22)/b8-7?,14-10?,17-11+/t18-/m0/s1. The van der Waals surface area contributed by atoms with Crippen LogP contribution in [0.2, 0.25) is 0 Å². The number of rotatable bonds is 11. The molecule has 1 aliphatic carbocycles. The second-order valence-electron chi connectivity index (χ2n) is 5.98. The Morgan fingerprint density at radius 2 is 1.86 bits per heavy atom. The average molecular weight is 302 g/mol. The highest BCUT2D eigenvalue weighted by Crippen LogP contribution is 2.31. The molecule has 0 aromatic rings. The van der Waals surface area contributed by atoms with Crippen LogP contribution in [0.15, 0.2) is 48.1 Å². The number of carboxylic acids is 1. The van der Waals surface area contributed by atoms with Crippen LogP contribution < -0.4 is 0 Å². The van der Waals surface area contributed by atoms with Gasteiger partial charge in [0.2, 0.25) is 0 Å². The molecule has 0 amide bonds. The SMILES string of the molecule is CCCCCCCC[C@H]1CCC=C1C=CC=C/C=C/C(=O)O. The summed E-state index contributed by atoms with van der Waals surface area (Å²) in [6.07, 6.45) is 24.8. The van der Waals surface area contributed by atoms with E-state index in [9.17, 15) is 4.79 Å². The third-order valence-corrected chi connectivity index (χ3v) is 4.13. The Balaban J connectivity index is 2.23. The maximum Gasteiger partial charge on any atom is 0.328 e. The Morgan fingerprint density at radius 3 is 2.64 bits per heavy atom. The van der Waals surface area contributed by atoms with Gasteiger partial charge >= 0.3 is 5.97 Å². The average Bonchev–Trinajstić information content (AvgIpc) is 2.93. The highest BCUT2D eigenvalue weighted by Gasteiger charge is 2.16. The van der Waals surface area contributed by atoms with Gasteiger partial charge in [-0.25, -0.2) is 4.79 Å². The van der Waals surface area contributed by atoms with Crippen molar-refractivity contribution < 1.29 is 9.90 Å². The monoisotopic (exact) mass is 302 g/mol. The molecule has 1 N–H and O–H groups in total. The Hall–Kier alpha value is -1.57. The van der Waals surface area contributed by atoms with Gasteiger partial charge in [-0.1, -0.05) is 81.9 Å². The summed E-state index contributed by atoms with van der Waals surface area (Å²) in [5, 5.41) is 8.48. The fourth-order valence-electron chi connectivity index (χ4n) is 2.90. The molecule has 0 aromatic heterocycles. The van der Waals surface area contributed by atoms with Gasteiger partial charge in [0.15, 0.2) is 0 Å². The maximum atomic E-state index is 10.3. The van der Waals surface area contributed by atoms with Crippen LogP contribution in [0.4, 0.5) is 0 Å². The summed E-state index contributed by atoms with van der Waals surface area (Å²) in [5.74, 6) is -0.184. The molecule has 22 heavy (non-hydrogen) atoms. The number of carboxylic acid groups (broad SMARTS) is 1. The van der Waals surface area contributed by atoms with E-state index in [0.717, 1.165) is 12.0 Å². The van der Waals surface area contributed by atoms with Crippen molar-refractivity contribution in [3.63, 3.8) is 0 Å². The molecule has 2 nitrogen and oxygen atoms in total. The Bertz CT molecular complexity index is 427. The molecule has 0 aliphatic heterocycles. The van der Waals surface area contributed by atoms with Gasteiger partial charge in [-0.15, -0.1) is 0 Å². The normalized spacial score (nSPS) is 18.8. The predicted octanol–water partition coefficient (Wildman–Crippen LogP) is 5.83. The van der Waals surface area contributed by atoms with Crippen LogP contribution in [0.1, 0.15) is 64.7 Å². The molecule has 0 fully saturated rings. The molecule has 1 rings (SSSR count). The lowest BCUT2D eigenvalue weighted by Gasteiger charge is -2.11. The third kappa shape index (κ3) is 8.66. The molecule has 0 saturated heterocycles. The number of aliphatic carboxylic acids is 1. The molecule has 0 bridgehead atoms. The summed E-state index contributed by atoms with van der Waals surface area (Å²) in [6, 6.07) is 0. The van der Waals surface area contributed by atoms with Crippen LogP contribution in [0, 0.1) is 5.92 Å². The molecule has 0 aromatic carbocycles. The van der Waals surface area contributed by atoms with E-state index >= 15 is 0 Å². The number of hydrogen-bond acceptors (Lipinski definition) is 1. The van der Waals surface area contributed by atoms with Gasteiger partial charge in [0, 0.05) is 6.08 Å². The van der Waals surface area contributed by atoms with Gasteiger partial charge in [-0.3, -0.25) is 0 Å². The zero-order valence-corrected chi connectivity index (χ0v) is 13.8. The topological polar surface area (TPSA) is 37.3 Å². The Kier molecular flexibility index (Phi) is 10.1. The zero-order valence-electron chi connectivity index (χ0n) is 13.8. The van der Waals surface area contributed by atoms with Gasteiger partial charge in [0.1, 0.15) is 0 Å². The number of hydrogen-bond donors (Lipinski definition) is 1.